The van der Waals surface area contributed by atoms with E-state index in [0.717, 1.165) is 0 Å². The van der Waals surface area contributed by atoms with E-state index < -0.39 is 36.5 Å². The molecule has 0 saturated carbocycles. The third-order valence-electron chi connectivity index (χ3n) is 2.64. The lowest BCUT2D eigenvalue weighted by molar-refractivity contribution is -0.214. The lowest BCUT2D eigenvalue weighted by Gasteiger charge is -2.42. The second-order valence-corrected chi connectivity index (χ2v) is 4.17. The number of aliphatic hydroxyl groups is 2. The van der Waals surface area contributed by atoms with Gasteiger partial charge >= 0.3 is 0 Å². The Labute approximate surface area is 99.1 Å². The minimum atomic E-state index is -1.30. The van der Waals surface area contributed by atoms with Crippen molar-refractivity contribution in [2.45, 2.75) is 51.4 Å². The average molecular weight is 246 g/mol. The Hall–Kier alpha value is -1.18. The predicted octanol–water partition coefficient (Wildman–Crippen LogP) is -1.91. The maximum Gasteiger partial charge on any atom is 0.217 e. The van der Waals surface area contributed by atoms with Crippen LogP contribution in [-0.2, 0) is 14.3 Å². The van der Waals surface area contributed by atoms with Crippen LogP contribution in [0.25, 0.3) is 0 Å². The Morgan fingerprint density at radius 3 is 2.00 bits per heavy atom. The van der Waals surface area contributed by atoms with Crippen molar-refractivity contribution in [2.75, 3.05) is 0 Å². The Bertz CT molecular complexity index is 281. The zero-order valence-electron chi connectivity index (χ0n) is 10.0. The second-order valence-electron chi connectivity index (χ2n) is 4.17. The first-order valence-electron chi connectivity index (χ1n) is 5.38. The number of nitrogens with one attached hydrogen (secondary N) is 2. The monoisotopic (exact) mass is 246 g/mol. The molecule has 0 radical (unpaired) electrons. The molecule has 7 nitrogen and oxygen atoms in total. The lowest BCUT2D eigenvalue weighted by Crippen LogP contribution is -2.66. The number of amides is 2. The summed E-state index contributed by atoms with van der Waals surface area (Å²) in [6, 6.07) is -1.63. The van der Waals surface area contributed by atoms with Crippen molar-refractivity contribution >= 4 is 11.8 Å². The molecule has 5 atom stereocenters. The summed E-state index contributed by atoms with van der Waals surface area (Å²) in [7, 11) is 0. The van der Waals surface area contributed by atoms with E-state index in [9.17, 15) is 19.8 Å². The van der Waals surface area contributed by atoms with Gasteiger partial charge in [0.05, 0.1) is 12.1 Å². The SMILES string of the molecule is CC(=O)N[C@@H]1[C@@H](O)[C@H](NC(C)=O)[C@@H](C)O[C@@H]1O. The highest BCUT2D eigenvalue weighted by molar-refractivity contribution is 5.74. The molecule has 2 amide bonds. The minimum absolute atomic E-state index is 0.317. The van der Waals surface area contributed by atoms with Crippen molar-refractivity contribution in [3.05, 3.63) is 0 Å². The number of carbonyl (C=O) groups is 2. The van der Waals surface area contributed by atoms with Crippen LogP contribution in [0.4, 0.5) is 0 Å². The molecular weight excluding hydrogens is 228 g/mol. The Balaban J connectivity index is 2.78. The normalized spacial score (nSPS) is 37.4. The number of aliphatic hydroxyl groups excluding tert-OH is 2. The van der Waals surface area contributed by atoms with E-state index in [1.807, 2.05) is 0 Å². The first-order chi connectivity index (χ1) is 7.82. The molecule has 0 aromatic carbocycles. The van der Waals surface area contributed by atoms with E-state index in [-0.39, 0.29) is 5.91 Å². The lowest BCUT2D eigenvalue weighted by atomic mass is 9.95. The van der Waals surface area contributed by atoms with Gasteiger partial charge in [0.15, 0.2) is 6.29 Å². The van der Waals surface area contributed by atoms with Gasteiger partial charge < -0.3 is 25.6 Å². The minimum Gasteiger partial charge on any atom is -0.389 e. The van der Waals surface area contributed by atoms with Gasteiger partial charge in [-0.1, -0.05) is 0 Å². The summed E-state index contributed by atoms with van der Waals surface area (Å²) in [5.74, 6) is -0.713. The number of ether oxygens (including phenoxy) is 1. The maximum atomic E-state index is 11.0. The molecular formula is C10H18N2O5. The van der Waals surface area contributed by atoms with Crippen LogP contribution < -0.4 is 10.6 Å². The third kappa shape index (κ3) is 3.39. The smallest absolute Gasteiger partial charge is 0.217 e. The van der Waals surface area contributed by atoms with Crippen molar-refractivity contribution in [1.82, 2.24) is 10.6 Å². The number of hydrogen-bond acceptors (Lipinski definition) is 5. The van der Waals surface area contributed by atoms with Gasteiger partial charge in [0.25, 0.3) is 0 Å². The van der Waals surface area contributed by atoms with E-state index in [0.29, 0.717) is 0 Å². The molecule has 1 aliphatic rings. The molecule has 1 saturated heterocycles. The molecule has 17 heavy (non-hydrogen) atoms. The first-order valence-corrected chi connectivity index (χ1v) is 5.38. The Morgan fingerprint density at radius 2 is 1.53 bits per heavy atom. The Kier molecular flexibility index (Phi) is 4.44. The van der Waals surface area contributed by atoms with Crippen LogP contribution in [0.5, 0.6) is 0 Å². The number of carbonyl (C=O) groups excluding carboxylic acids is 2. The Morgan fingerprint density at radius 1 is 1.06 bits per heavy atom. The highest BCUT2D eigenvalue weighted by atomic mass is 16.6. The van der Waals surface area contributed by atoms with E-state index in [2.05, 4.69) is 10.6 Å². The van der Waals surface area contributed by atoms with E-state index in [4.69, 9.17) is 4.74 Å². The van der Waals surface area contributed by atoms with Gasteiger partial charge in [0.2, 0.25) is 11.8 Å². The van der Waals surface area contributed by atoms with Crippen LogP contribution in [-0.4, -0.2) is 52.6 Å². The standard InChI is InChI=1S/C10H18N2O5/c1-4-7(11-5(2)13)9(15)8(10(16)17-4)12-6(3)14/h4,7-10,15-16H,1-3H3,(H,11,13)(H,12,14)/t4-,7-,8-,9+,10+/m1/s1. The van der Waals surface area contributed by atoms with Gasteiger partial charge in [-0.15, -0.1) is 0 Å². The molecule has 1 aliphatic heterocycles. The van der Waals surface area contributed by atoms with Crippen LogP contribution in [0.15, 0.2) is 0 Å². The first kappa shape index (κ1) is 13.9. The molecule has 0 aromatic rings. The quantitative estimate of drug-likeness (QED) is 0.455. The fraction of sp³-hybridized carbons (Fsp3) is 0.800. The summed E-state index contributed by atoms with van der Waals surface area (Å²) < 4.78 is 5.15. The van der Waals surface area contributed by atoms with Crippen molar-refractivity contribution in [2.24, 2.45) is 0 Å². The molecule has 0 bridgehead atoms. The highest BCUT2D eigenvalue weighted by Crippen LogP contribution is 2.19. The molecule has 7 heteroatoms. The molecule has 4 N–H and O–H groups in total. The molecule has 0 aromatic heterocycles. The second kappa shape index (κ2) is 5.44. The van der Waals surface area contributed by atoms with Crippen molar-refractivity contribution in [1.29, 1.82) is 0 Å². The summed E-state index contributed by atoms with van der Waals surface area (Å²) in [5.41, 5.74) is 0. The zero-order chi connectivity index (χ0) is 13.2. The van der Waals surface area contributed by atoms with Crippen LogP contribution in [0.3, 0.4) is 0 Å². The molecule has 1 fully saturated rings. The van der Waals surface area contributed by atoms with Gasteiger partial charge in [-0.05, 0) is 6.92 Å². The zero-order valence-corrected chi connectivity index (χ0v) is 10.0. The van der Waals surface area contributed by atoms with Gasteiger partial charge in [-0.25, -0.2) is 0 Å². The molecule has 1 heterocycles. The number of rotatable bonds is 2. The van der Waals surface area contributed by atoms with Crippen LogP contribution in [0.1, 0.15) is 20.8 Å². The van der Waals surface area contributed by atoms with Crippen molar-refractivity contribution in [3.8, 4) is 0 Å². The van der Waals surface area contributed by atoms with Crippen LogP contribution in [0.2, 0.25) is 0 Å². The molecule has 98 valence electrons. The largest absolute Gasteiger partial charge is 0.389 e. The van der Waals surface area contributed by atoms with E-state index in [1.54, 1.807) is 6.92 Å². The maximum absolute atomic E-state index is 11.0. The fourth-order valence-corrected chi connectivity index (χ4v) is 1.89. The molecule has 0 spiro atoms. The highest BCUT2D eigenvalue weighted by Gasteiger charge is 2.43. The molecule has 1 rings (SSSR count). The van der Waals surface area contributed by atoms with E-state index in [1.165, 1.54) is 13.8 Å². The summed E-state index contributed by atoms with van der Waals surface area (Å²) in [5, 5.41) is 24.5. The van der Waals surface area contributed by atoms with Crippen LogP contribution >= 0.6 is 0 Å². The fourth-order valence-electron chi connectivity index (χ4n) is 1.89. The third-order valence-corrected chi connectivity index (χ3v) is 2.64. The van der Waals surface area contributed by atoms with Crippen molar-refractivity contribution in [3.63, 3.8) is 0 Å². The van der Waals surface area contributed by atoms with Crippen LogP contribution in [0, 0.1) is 0 Å². The summed E-state index contributed by atoms with van der Waals surface area (Å²) in [6.07, 6.45) is -2.95. The molecule has 0 unspecified atom stereocenters. The number of hydrogen-bond donors (Lipinski definition) is 4. The average Bonchev–Trinajstić information content (AvgIpc) is 2.18. The van der Waals surface area contributed by atoms with Crippen molar-refractivity contribution < 1.29 is 24.5 Å². The summed E-state index contributed by atoms with van der Waals surface area (Å²) in [6.45, 7) is 4.21. The van der Waals surface area contributed by atoms with Gasteiger partial charge in [0.1, 0.15) is 12.1 Å². The molecule has 0 aliphatic carbocycles. The van der Waals surface area contributed by atoms with Gasteiger partial charge in [-0.3, -0.25) is 9.59 Å². The summed E-state index contributed by atoms with van der Waals surface area (Å²) >= 11 is 0. The van der Waals surface area contributed by atoms with Gasteiger partial charge in [0, 0.05) is 13.8 Å². The van der Waals surface area contributed by atoms with Gasteiger partial charge in [-0.2, -0.15) is 0 Å². The predicted molar refractivity (Wildman–Crippen MR) is 57.8 cm³/mol. The summed E-state index contributed by atoms with van der Waals surface area (Å²) in [4.78, 5) is 21.9. The van der Waals surface area contributed by atoms with E-state index >= 15 is 0 Å². The topological polar surface area (TPSA) is 108 Å².